The fourth-order valence-electron chi connectivity index (χ4n) is 2.29. The molecule has 90 valence electrons. The minimum Gasteiger partial charge on any atom is -0.381 e. The van der Waals surface area contributed by atoms with E-state index >= 15 is 0 Å². The Morgan fingerprint density at radius 2 is 2.24 bits per heavy atom. The van der Waals surface area contributed by atoms with Gasteiger partial charge in [0, 0.05) is 25.7 Å². The van der Waals surface area contributed by atoms with E-state index in [4.69, 9.17) is 4.74 Å². The molecule has 0 unspecified atom stereocenters. The largest absolute Gasteiger partial charge is 0.381 e. The number of hydrogen-bond acceptors (Lipinski definition) is 3. The van der Waals surface area contributed by atoms with Crippen LogP contribution < -0.4 is 5.56 Å². The number of H-pyrrole nitrogens is 1. The molecule has 5 heteroatoms. The number of hydrogen-bond donors (Lipinski definition) is 1. The highest BCUT2D eigenvalue weighted by atomic mass is 16.5. The van der Waals surface area contributed by atoms with Gasteiger partial charge in [-0.05, 0) is 24.8 Å². The molecule has 2 aromatic heterocycles. The van der Waals surface area contributed by atoms with Crippen LogP contribution in [0.2, 0.25) is 0 Å². The molecule has 1 aliphatic rings. The summed E-state index contributed by atoms with van der Waals surface area (Å²) in [7, 11) is 0. The summed E-state index contributed by atoms with van der Waals surface area (Å²) >= 11 is 0. The molecule has 0 atom stereocenters. The molecule has 3 heterocycles. The maximum Gasteiger partial charge on any atom is 0.271 e. The van der Waals surface area contributed by atoms with Crippen molar-refractivity contribution in [2.45, 2.75) is 19.3 Å². The van der Waals surface area contributed by atoms with E-state index in [9.17, 15) is 4.79 Å². The van der Waals surface area contributed by atoms with Gasteiger partial charge in [0.25, 0.3) is 5.56 Å². The Bertz CT molecular complexity index is 566. The number of pyridine rings is 1. The molecule has 1 fully saturated rings. The van der Waals surface area contributed by atoms with Gasteiger partial charge in [-0.25, -0.2) is 9.50 Å². The van der Waals surface area contributed by atoms with Crippen LogP contribution in [0.5, 0.6) is 0 Å². The van der Waals surface area contributed by atoms with Gasteiger partial charge in [0.15, 0.2) is 5.65 Å². The number of ether oxygens (including phenoxy) is 1. The van der Waals surface area contributed by atoms with Gasteiger partial charge in [-0.15, -0.1) is 0 Å². The van der Waals surface area contributed by atoms with Crippen molar-refractivity contribution in [2.24, 2.45) is 5.92 Å². The standard InChI is InChI=1S/C12H15N3O2/c16-12-3-1-2-11-13-10(14-15(11)12)8-9-4-6-17-7-5-9/h1-3,9H,4-8H2,(H,13,14). The molecule has 17 heavy (non-hydrogen) atoms. The van der Waals surface area contributed by atoms with Crippen molar-refractivity contribution < 1.29 is 4.74 Å². The lowest BCUT2D eigenvalue weighted by Crippen LogP contribution is -2.18. The molecule has 0 radical (unpaired) electrons. The van der Waals surface area contributed by atoms with Crippen LogP contribution in [0.25, 0.3) is 5.65 Å². The second-order valence-electron chi connectivity index (χ2n) is 4.49. The number of fused-ring (bicyclic) bond motifs is 1. The Morgan fingerprint density at radius 3 is 3.00 bits per heavy atom. The van der Waals surface area contributed by atoms with Crippen LogP contribution >= 0.6 is 0 Å². The Labute approximate surface area is 98.4 Å². The Hall–Kier alpha value is -1.62. The highest BCUT2D eigenvalue weighted by Crippen LogP contribution is 2.18. The summed E-state index contributed by atoms with van der Waals surface area (Å²) in [5.41, 5.74) is 0.632. The molecule has 0 aromatic carbocycles. The maximum atomic E-state index is 11.6. The minimum atomic E-state index is -0.0618. The molecule has 0 saturated carbocycles. The topological polar surface area (TPSA) is 59.4 Å². The fraction of sp³-hybridized carbons (Fsp3) is 0.500. The molecule has 3 rings (SSSR count). The van der Waals surface area contributed by atoms with Crippen LogP contribution in [0.3, 0.4) is 0 Å². The third-order valence-corrected chi connectivity index (χ3v) is 3.25. The number of aromatic nitrogens is 3. The number of rotatable bonds is 2. The minimum absolute atomic E-state index is 0.0618. The predicted molar refractivity (Wildman–Crippen MR) is 63.1 cm³/mol. The smallest absolute Gasteiger partial charge is 0.271 e. The third-order valence-electron chi connectivity index (χ3n) is 3.25. The molecule has 1 saturated heterocycles. The molecule has 0 amide bonds. The van der Waals surface area contributed by atoms with Crippen molar-refractivity contribution in [1.29, 1.82) is 0 Å². The zero-order valence-electron chi connectivity index (χ0n) is 9.56. The zero-order valence-corrected chi connectivity index (χ0v) is 9.56. The fourth-order valence-corrected chi connectivity index (χ4v) is 2.29. The monoisotopic (exact) mass is 233 g/mol. The van der Waals surface area contributed by atoms with Crippen LogP contribution in [-0.2, 0) is 11.2 Å². The molecule has 0 bridgehead atoms. The van der Waals surface area contributed by atoms with Gasteiger partial charge in [-0.2, -0.15) is 0 Å². The van der Waals surface area contributed by atoms with E-state index in [1.54, 1.807) is 6.07 Å². The quantitative estimate of drug-likeness (QED) is 0.841. The van der Waals surface area contributed by atoms with E-state index in [-0.39, 0.29) is 5.56 Å². The van der Waals surface area contributed by atoms with Crippen molar-refractivity contribution in [1.82, 2.24) is 14.6 Å². The summed E-state index contributed by atoms with van der Waals surface area (Å²) in [4.78, 5) is 16.0. The molecular formula is C12H15N3O2. The van der Waals surface area contributed by atoms with Crippen molar-refractivity contribution in [3.8, 4) is 0 Å². The first-order valence-electron chi connectivity index (χ1n) is 5.97. The molecule has 5 nitrogen and oxygen atoms in total. The van der Waals surface area contributed by atoms with Crippen LogP contribution in [-0.4, -0.2) is 27.8 Å². The van der Waals surface area contributed by atoms with Crippen molar-refractivity contribution >= 4 is 5.65 Å². The summed E-state index contributed by atoms with van der Waals surface area (Å²) in [5.74, 6) is 1.50. The lowest BCUT2D eigenvalue weighted by molar-refractivity contribution is 0.0660. The van der Waals surface area contributed by atoms with Crippen molar-refractivity contribution in [2.75, 3.05) is 13.2 Å². The van der Waals surface area contributed by atoms with E-state index in [1.807, 2.05) is 6.07 Å². The van der Waals surface area contributed by atoms with Crippen molar-refractivity contribution in [3.63, 3.8) is 0 Å². The first-order valence-corrected chi connectivity index (χ1v) is 5.97. The second-order valence-corrected chi connectivity index (χ2v) is 4.49. The van der Waals surface area contributed by atoms with Crippen molar-refractivity contribution in [3.05, 3.63) is 34.4 Å². The average Bonchev–Trinajstić information content (AvgIpc) is 2.74. The zero-order chi connectivity index (χ0) is 11.7. The van der Waals surface area contributed by atoms with Gasteiger partial charge in [0.05, 0.1) is 0 Å². The van der Waals surface area contributed by atoms with Gasteiger partial charge < -0.3 is 4.74 Å². The van der Waals surface area contributed by atoms with E-state index in [1.165, 1.54) is 10.6 Å². The first kappa shape index (κ1) is 10.5. The molecule has 1 aliphatic heterocycles. The molecular weight excluding hydrogens is 218 g/mol. The Morgan fingerprint density at radius 1 is 1.41 bits per heavy atom. The normalized spacial score (nSPS) is 17.6. The van der Waals surface area contributed by atoms with Gasteiger partial charge in [0.2, 0.25) is 0 Å². The molecule has 0 spiro atoms. The highest BCUT2D eigenvalue weighted by molar-refractivity contribution is 5.36. The van der Waals surface area contributed by atoms with Gasteiger partial charge in [0.1, 0.15) is 5.82 Å². The number of aromatic amines is 1. The Balaban J connectivity index is 1.85. The molecule has 2 aromatic rings. The first-order chi connectivity index (χ1) is 8.33. The van der Waals surface area contributed by atoms with Crippen LogP contribution in [0.4, 0.5) is 0 Å². The summed E-state index contributed by atoms with van der Waals surface area (Å²) in [6.07, 6.45) is 3.04. The SMILES string of the molecule is O=c1cccc2nc(CC3CCOCC3)[nH]n12. The average molecular weight is 233 g/mol. The van der Waals surface area contributed by atoms with E-state index < -0.39 is 0 Å². The molecule has 1 N–H and O–H groups in total. The van der Waals surface area contributed by atoms with Gasteiger partial charge in [-0.1, -0.05) is 6.07 Å². The number of nitrogens with one attached hydrogen (secondary N) is 1. The number of nitrogens with zero attached hydrogens (tertiary/aromatic N) is 2. The third kappa shape index (κ3) is 2.10. The summed E-state index contributed by atoms with van der Waals surface area (Å²) in [5, 5.41) is 3.06. The van der Waals surface area contributed by atoms with Gasteiger partial charge in [-0.3, -0.25) is 9.89 Å². The summed E-state index contributed by atoms with van der Waals surface area (Å²) < 4.78 is 6.82. The van der Waals surface area contributed by atoms with Crippen LogP contribution in [0.15, 0.2) is 23.0 Å². The predicted octanol–water partition coefficient (Wildman–Crippen LogP) is 0.992. The van der Waals surface area contributed by atoms with Crippen LogP contribution in [0.1, 0.15) is 18.7 Å². The molecule has 0 aliphatic carbocycles. The maximum absolute atomic E-state index is 11.6. The second kappa shape index (κ2) is 4.33. The van der Waals surface area contributed by atoms with E-state index in [0.717, 1.165) is 38.3 Å². The lowest BCUT2D eigenvalue weighted by atomic mass is 9.96. The summed E-state index contributed by atoms with van der Waals surface area (Å²) in [6, 6.07) is 5.10. The highest BCUT2D eigenvalue weighted by Gasteiger charge is 2.16. The van der Waals surface area contributed by atoms with Gasteiger partial charge >= 0.3 is 0 Å². The lowest BCUT2D eigenvalue weighted by Gasteiger charge is -2.20. The Kier molecular flexibility index (Phi) is 2.68. The van der Waals surface area contributed by atoms with E-state index in [0.29, 0.717) is 11.6 Å². The van der Waals surface area contributed by atoms with Crippen LogP contribution in [0, 0.1) is 5.92 Å². The summed E-state index contributed by atoms with van der Waals surface area (Å²) in [6.45, 7) is 1.68. The van der Waals surface area contributed by atoms with E-state index in [2.05, 4.69) is 10.1 Å².